The highest BCUT2D eigenvalue weighted by atomic mass is 32.1. The van der Waals surface area contributed by atoms with Gasteiger partial charge >= 0.3 is 0 Å². The van der Waals surface area contributed by atoms with Crippen molar-refractivity contribution in [2.24, 2.45) is 10.7 Å². The van der Waals surface area contributed by atoms with Gasteiger partial charge in [0.2, 0.25) is 0 Å². The van der Waals surface area contributed by atoms with Crippen LogP contribution in [-0.2, 0) is 5.54 Å². The summed E-state index contributed by atoms with van der Waals surface area (Å²) in [5, 5.41) is 3.02. The number of guanidine groups is 1. The second-order valence-electron chi connectivity index (χ2n) is 3.68. The predicted molar refractivity (Wildman–Crippen MR) is 62.9 cm³/mol. The molecule has 0 aliphatic carbocycles. The van der Waals surface area contributed by atoms with Crippen LogP contribution in [0, 0.1) is 0 Å². The molecule has 0 amide bonds. The van der Waals surface area contributed by atoms with Crippen molar-refractivity contribution in [1.29, 1.82) is 0 Å². The Morgan fingerprint density at radius 2 is 2.60 bits per heavy atom. The van der Waals surface area contributed by atoms with Gasteiger partial charge in [-0.3, -0.25) is 4.99 Å². The van der Waals surface area contributed by atoms with Crippen LogP contribution in [0.4, 0.5) is 0 Å². The third kappa shape index (κ3) is 1.52. The lowest BCUT2D eigenvalue weighted by Gasteiger charge is -2.33. The number of hydrogen-bond acceptors (Lipinski definition) is 5. The molecule has 2 N–H and O–H groups in total. The molecular weight excluding hydrogens is 208 g/mol. The first-order valence-corrected chi connectivity index (χ1v) is 5.65. The zero-order chi connectivity index (χ0) is 10.9. The number of thiazole rings is 1. The molecule has 2 rings (SSSR count). The molecule has 1 atom stereocenters. The Hall–Kier alpha value is -1.36. The minimum absolute atomic E-state index is 0.202. The van der Waals surface area contributed by atoms with Gasteiger partial charge in [-0.2, -0.15) is 0 Å². The summed E-state index contributed by atoms with van der Waals surface area (Å²) in [6, 6.07) is 0. The van der Waals surface area contributed by atoms with Crippen molar-refractivity contribution in [3.05, 3.63) is 29.2 Å². The van der Waals surface area contributed by atoms with Crippen LogP contribution in [-0.4, -0.2) is 28.9 Å². The molecule has 0 spiro atoms. The van der Waals surface area contributed by atoms with Gasteiger partial charge in [-0.1, -0.05) is 6.08 Å². The summed E-state index contributed by atoms with van der Waals surface area (Å²) < 4.78 is 0. The van der Waals surface area contributed by atoms with Crippen LogP contribution >= 0.6 is 11.3 Å². The van der Waals surface area contributed by atoms with Gasteiger partial charge < -0.3 is 10.6 Å². The lowest BCUT2D eigenvalue weighted by Crippen LogP contribution is -2.47. The summed E-state index contributed by atoms with van der Waals surface area (Å²) in [6.45, 7) is 7.21. The second kappa shape index (κ2) is 3.66. The molecule has 2 heterocycles. The van der Waals surface area contributed by atoms with E-state index in [9.17, 15) is 0 Å². The Morgan fingerprint density at radius 3 is 3.20 bits per heavy atom. The van der Waals surface area contributed by atoms with Crippen molar-refractivity contribution in [2.45, 2.75) is 12.5 Å². The van der Waals surface area contributed by atoms with E-state index in [1.54, 1.807) is 11.3 Å². The van der Waals surface area contributed by atoms with E-state index in [2.05, 4.69) is 23.5 Å². The normalized spacial score (nSPS) is 25.4. The SMILES string of the molecule is C=CCN1C(N)=NCC1(C)c1nccs1. The molecule has 1 unspecified atom stereocenters. The number of rotatable bonds is 3. The van der Waals surface area contributed by atoms with Gasteiger partial charge in [-0.15, -0.1) is 17.9 Å². The molecular formula is C10H14N4S. The van der Waals surface area contributed by atoms with E-state index >= 15 is 0 Å². The van der Waals surface area contributed by atoms with Crippen LogP contribution in [0.3, 0.4) is 0 Å². The lowest BCUT2D eigenvalue weighted by atomic mass is 10.0. The summed E-state index contributed by atoms with van der Waals surface area (Å²) in [7, 11) is 0. The van der Waals surface area contributed by atoms with Gasteiger partial charge in [0.1, 0.15) is 10.5 Å². The maximum absolute atomic E-state index is 5.85. The van der Waals surface area contributed by atoms with E-state index in [-0.39, 0.29) is 5.54 Å². The van der Waals surface area contributed by atoms with E-state index in [1.807, 2.05) is 22.6 Å². The monoisotopic (exact) mass is 222 g/mol. The van der Waals surface area contributed by atoms with Crippen LogP contribution in [0.5, 0.6) is 0 Å². The standard InChI is InChI=1S/C10H14N4S/c1-3-5-14-9(11)13-7-10(14,2)8-12-4-6-15-8/h3-4,6H,1,5,7H2,2H3,(H2,11,13). The van der Waals surface area contributed by atoms with Crippen molar-refractivity contribution in [3.8, 4) is 0 Å². The molecule has 0 radical (unpaired) electrons. The summed E-state index contributed by atoms with van der Waals surface area (Å²) in [6.07, 6.45) is 3.64. The number of nitrogens with zero attached hydrogens (tertiary/aromatic N) is 3. The summed E-state index contributed by atoms with van der Waals surface area (Å²) in [5.74, 6) is 0.576. The van der Waals surface area contributed by atoms with E-state index in [0.717, 1.165) is 5.01 Å². The third-order valence-electron chi connectivity index (χ3n) is 2.63. The molecule has 1 aliphatic rings. The van der Waals surface area contributed by atoms with Crippen LogP contribution in [0.2, 0.25) is 0 Å². The lowest BCUT2D eigenvalue weighted by molar-refractivity contribution is 0.244. The van der Waals surface area contributed by atoms with Crippen LogP contribution in [0.15, 0.2) is 29.2 Å². The largest absolute Gasteiger partial charge is 0.370 e. The molecule has 0 saturated carbocycles. The molecule has 1 aliphatic heterocycles. The quantitative estimate of drug-likeness (QED) is 0.781. The first-order valence-electron chi connectivity index (χ1n) is 4.77. The maximum atomic E-state index is 5.85. The molecule has 4 nitrogen and oxygen atoms in total. The highest BCUT2D eigenvalue weighted by molar-refractivity contribution is 7.09. The van der Waals surface area contributed by atoms with E-state index in [0.29, 0.717) is 19.0 Å². The molecule has 1 aromatic heterocycles. The molecule has 0 bridgehead atoms. The Morgan fingerprint density at radius 1 is 1.80 bits per heavy atom. The van der Waals surface area contributed by atoms with Crippen molar-refractivity contribution in [3.63, 3.8) is 0 Å². The van der Waals surface area contributed by atoms with E-state index < -0.39 is 0 Å². The summed E-state index contributed by atoms with van der Waals surface area (Å²) in [4.78, 5) is 10.7. The Balaban J connectivity index is 2.33. The van der Waals surface area contributed by atoms with Crippen molar-refractivity contribution >= 4 is 17.3 Å². The Kier molecular flexibility index (Phi) is 2.48. The summed E-state index contributed by atoms with van der Waals surface area (Å²) in [5.41, 5.74) is 5.65. The number of nitrogens with two attached hydrogens (primary N) is 1. The average molecular weight is 222 g/mol. The molecule has 15 heavy (non-hydrogen) atoms. The zero-order valence-corrected chi connectivity index (χ0v) is 9.50. The van der Waals surface area contributed by atoms with Crippen LogP contribution in [0.1, 0.15) is 11.9 Å². The second-order valence-corrected chi connectivity index (χ2v) is 4.58. The first kappa shape index (κ1) is 10.2. The minimum Gasteiger partial charge on any atom is -0.370 e. The van der Waals surface area contributed by atoms with Gasteiger partial charge in [-0.05, 0) is 6.92 Å². The van der Waals surface area contributed by atoms with Crippen molar-refractivity contribution in [2.75, 3.05) is 13.1 Å². The molecule has 0 saturated heterocycles. The number of aliphatic imine (C=N–C) groups is 1. The predicted octanol–water partition coefficient (Wildman–Crippen LogP) is 1.17. The van der Waals surface area contributed by atoms with Gasteiger partial charge in [0.05, 0.1) is 6.54 Å². The maximum Gasteiger partial charge on any atom is 0.192 e. The van der Waals surface area contributed by atoms with Crippen LogP contribution < -0.4 is 5.73 Å². The Bertz CT molecular complexity index is 384. The van der Waals surface area contributed by atoms with Gasteiger partial charge in [0, 0.05) is 18.1 Å². The summed E-state index contributed by atoms with van der Waals surface area (Å²) >= 11 is 1.63. The molecule has 0 fully saturated rings. The van der Waals surface area contributed by atoms with Crippen molar-refractivity contribution < 1.29 is 0 Å². The molecule has 1 aromatic rings. The van der Waals surface area contributed by atoms with Gasteiger partial charge in [-0.25, -0.2) is 4.98 Å². The zero-order valence-electron chi connectivity index (χ0n) is 8.68. The molecule has 5 heteroatoms. The minimum atomic E-state index is -0.202. The molecule has 80 valence electrons. The van der Waals surface area contributed by atoms with Crippen molar-refractivity contribution in [1.82, 2.24) is 9.88 Å². The van der Waals surface area contributed by atoms with E-state index in [1.165, 1.54) is 0 Å². The average Bonchev–Trinajstić information content (AvgIpc) is 2.82. The number of aromatic nitrogens is 1. The van der Waals surface area contributed by atoms with Gasteiger partial charge in [0.25, 0.3) is 0 Å². The number of hydrogen-bond donors (Lipinski definition) is 1. The van der Waals surface area contributed by atoms with Crippen LogP contribution in [0.25, 0.3) is 0 Å². The smallest absolute Gasteiger partial charge is 0.192 e. The van der Waals surface area contributed by atoms with E-state index in [4.69, 9.17) is 5.73 Å². The topological polar surface area (TPSA) is 54.5 Å². The Labute approximate surface area is 93.1 Å². The highest BCUT2D eigenvalue weighted by Crippen LogP contribution is 2.33. The fourth-order valence-corrected chi connectivity index (χ4v) is 2.56. The fourth-order valence-electron chi connectivity index (χ4n) is 1.76. The highest BCUT2D eigenvalue weighted by Gasteiger charge is 2.40. The fraction of sp³-hybridized carbons (Fsp3) is 0.400. The third-order valence-corrected chi connectivity index (χ3v) is 3.65. The first-order chi connectivity index (χ1) is 7.18. The molecule has 0 aromatic carbocycles. The van der Waals surface area contributed by atoms with Gasteiger partial charge in [0.15, 0.2) is 5.96 Å².